The van der Waals surface area contributed by atoms with Crippen molar-refractivity contribution in [3.63, 3.8) is 0 Å². The van der Waals surface area contributed by atoms with E-state index in [9.17, 15) is 0 Å². The Kier molecular flexibility index (Phi) is 4.82. The van der Waals surface area contributed by atoms with Crippen molar-refractivity contribution < 1.29 is 0 Å². The topological polar surface area (TPSA) is 38.4 Å². The predicted molar refractivity (Wildman–Crippen MR) is 50.4 cm³/mol. The van der Waals surface area contributed by atoms with Crippen molar-refractivity contribution in [2.75, 3.05) is 0 Å². The van der Waals surface area contributed by atoms with Crippen molar-refractivity contribution in [1.29, 1.82) is 0 Å². The van der Waals surface area contributed by atoms with Gasteiger partial charge >= 0.3 is 0 Å². The fourth-order valence-electron chi connectivity index (χ4n) is 0.746. The molecular weight excluding hydrogens is 136 g/mol. The van der Waals surface area contributed by atoms with Crippen LogP contribution in [0.25, 0.3) is 0 Å². The summed E-state index contributed by atoms with van der Waals surface area (Å²) in [5, 5.41) is 0. The van der Waals surface area contributed by atoms with E-state index in [0.717, 1.165) is 11.3 Å². The van der Waals surface area contributed by atoms with Crippen molar-refractivity contribution in [2.45, 2.75) is 13.8 Å². The van der Waals surface area contributed by atoms with Crippen LogP contribution in [-0.2, 0) is 0 Å². The van der Waals surface area contributed by atoms with Crippen LogP contribution in [-0.4, -0.2) is 6.34 Å². The average molecular weight is 150 g/mol. The fraction of sp³-hybridized carbons (Fsp3) is 0.222. The van der Waals surface area contributed by atoms with Gasteiger partial charge in [-0.25, -0.2) is 4.99 Å². The first-order chi connectivity index (χ1) is 5.26. The Hall–Kier alpha value is -1.31. The second kappa shape index (κ2) is 5.47. The van der Waals surface area contributed by atoms with E-state index < -0.39 is 0 Å². The fourth-order valence-corrected chi connectivity index (χ4v) is 0.746. The van der Waals surface area contributed by atoms with E-state index in [1.165, 1.54) is 6.34 Å². The Balaban J connectivity index is 4.52. The summed E-state index contributed by atoms with van der Waals surface area (Å²) in [5.74, 6) is 0. The highest BCUT2D eigenvalue weighted by Gasteiger charge is 1.91. The van der Waals surface area contributed by atoms with Gasteiger partial charge in [0.2, 0.25) is 0 Å². The molecule has 0 amide bonds. The smallest absolute Gasteiger partial charge is 0.0860 e. The minimum atomic E-state index is 0.882. The van der Waals surface area contributed by atoms with E-state index in [0.29, 0.717) is 0 Å². The van der Waals surface area contributed by atoms with E-state index in [1.54, 1.807) is 6.08 Å². The van der Waals surface area contributed by atoms with Gasteiger partial charge in [0.25, 0.3) is 0 Å². The quantitative estimate of drug-likeness (QED) is 0.373. The summed E-state index contributed by atoms with van der Waals surface area (Å²) in [4.78, 5) is 3.96. The first kappa shape index (κ1) is 9.69. The van der Waals surface area contributed by atoms with Crippen LogP contribution in [0.15, 0.2) is 41.1 Å². The lowest BCUT2D eigenvalue weighted by Gasteiger charge is -1.97. The molecule has 11 heavy (non-hydrogen) atoms. The van der Waals surface area contributed by atoms with Gasteiger partial charge in [-0.3, -0.25) is 0 Å². The van der Waals surface area contributed by atoms with E-state index >= 15 is 0 Å². The monoisotopic (exact) mass is 150 g/mol. The van der Waals surface area contributed by atoms with Gasteiger partial charge in [-0.2, -0.15) is 0 Å². The average Bonchev–Trinajstić information content (AvgIpc) is 2.00. The number of allylic oxidation sites excluding steroid dienone is 4. The number of nitrogens with zero attached hydrogens (tertiary/aromatic N) is 1. The van der Waals surface area contributed by atoms with Crippen LogP contribution in [0.1, 0.15) is 13.8 Å². The van der Waals surface area contributed by atoms with Gasteiger partial charge in [0.05, 0.1) is 12.0 Å². The SMILES string of the molecule is C=C\C=C(C)/C(=C\C)/N=C\N. The minimum absolute atomic E-state index is 0.882. The summed E-state index contributed by atoms with van der Waals surface area (Å²) in [7, 11) is 0. The molecule has 0 rings (SSSR count). The third-order valence-electron chi connectivity index (χ3n) is 1.26. The summed E-state index contributed by atoms with van der Waals surface area (Å²) in [6.45, 7) is 7.47. The zero-order valence-electron chi connectivity index (χ0n) is 7.04. The van der Waals surface area contributed by atoms with Crippen LogP contribution in [0.5, 0.6) is 0 Å². The molecule has 0 aromatic carbocycles. The van der Waals surface area contributed by atoms with Crippen LogP contribution in [0.4, 0.5) is 0 Å². The molecule has 0 radical (unpaired) electrons. The predicted octanol–water partition coefficient (Wildman–Crippen LogP) is 2.01. The van der Waals surface area contributed by atoms with Gasteiger partial charge in [0.15, 0.2) is 0 Å². The van der Waals surface area contributed by atoms with Crippen LogP contribution in [0.3, 0.4) is 0 Å². The third kappa shape index (κ3) is 3.40. The maximum absolute atomic E-state index is 5.15. The van der Waals surface area contributed by atoms with Gasteiger partial charge in [-0.15, -0.1) is 0 Å². The molecule has 60 valence electrons. The maximum atomic E-state index is 5.15. The maximum Gasteiger partial charge on any atom is 0.0860 e. The summed E-state index contributed by atoms with van der Waals surface area (Å²) in [5.41, 5.74) is 7.09. The zero-order valence-corrected chi connectivity index (χ0v) is 7.04. The van der Waals surface area contributed by atoms with Gasteiger partial charge in [-0.05, 0) is 19.4 Å². The van der Waals surface area contributed by atoms with Crippen molar-refractivity contribution in [3.8, 4) is 0 Å². The lowest BCUT2D eigenvalue weighted by atomic mass is 10.2. The largest absolute Gasteiger partial charge is 0.390 e. The van der Waals surface area contributed by atoms with Crippen molar-refractivity contribution >= 4 is 6.34 Å². The van der Waals surface area contributed by atoms with Crippen LogP contribution in [0, 0.1) is 0 Å². The molecule has 0 aliphatic heterocycles. The molecule has 2 N–H and O–H groups in total. The van der Waals surface area contributed by atoms with Crippen LogP contribution < -0.4 is 5.73 Å². The van der Waals surface area contributed by atoms with Gasteiger partial charge in [-0.1, -0.05) is 24.8 Å². The molecule has 0 saturated heterocycles. The first-order valence-electron chi connectivity index (χ1n) is 3.46. The number of nitrogens with two attached hydrogens (primary N) is 1. The van der Waals surface area contributed by atoms with Crippen LogP contribution >= 0.6 is 0 Å². The molecule has 0 fully saturated rings. The molecule has 0 atom stereocenters. The standard InChI is InChI=1S/C9H14N2/c1-4-6-8(3)9(5-2)11-7-10/h4-7H,1H2,2-3H3,(H2,10,11)/b8-6-,9-5+. The van der Waals surface area contributed by atoms with Gasteiger partial charge < -0.3 is 5.73 Å². The second-order valence-electron chi connectivity index (χ2n) is 2.04. The zero-order chi connectivity index (χ0) is 8.69. The van der Waals surface area contributed by atoms with Crippen molar-refractivity contribution in [1.82, 2.24) is 0 Å². The van der Waals surface area contributed by atoms with E-state index in [4.69, 9.17) is 5.73 Å². The minimum Gasteiger partial charge on any atom is -0.390 e. The first-order valence-corrected chi connectivity index (χ1v) is 3.46. The molecule has 0 bridgehead atoms. The molecule has 0 aliphatic rings. The molecule has 0 saturated carbocycles. The lowest BCUT2D eigenvalue weighted by molar-refractivity contribution is 1.27. The van der Waals surface area contributed by atoms with Crippen molar-refractivity contribution in [2.24, 2.45) is 10.7 Å². The summed E-state index contributed by atoms with van der Waals surface area (Å²) in [6.07, 6.45) is 6.81. The normalized spacial score (nSPS) is 14.0. The molecule has 2 nitrogen and oxygen atoms in total. The number of aliphatic imine (C=N–C) groups is 1. The highest BCUT2D eigenvalue weighted by Crippen LogP contribution is 2.09. The molecule has 0 spiro atoms. The Labute approximate surface area is 67.8 Å². The third-order valence-corrected chi connectivity index (χ3v) is 1.26. The van der Waals surface area contributed by atoms with E-state index in [1.807, 2.05) is 26.0 Å². The highest BCUT2D eigenvalue weighted by molar-refractivity contribution is 5.55. The lowest BCUT2D eigenvalue weighted by Crippen LogP contribution is -1.90. The summed E-state index contributed by atoms with van der Waals surface area (Å²) >= 11 is 0. The molecule has 0 aromatic rings. The molecular formula is C9H14N2. The van der Waals surface area contributed by atoms with Gasteiger partial charge in [0, 0.05) is 0 Å². The molecule has 0 unspecified atom stereocenters. The van der Waals surface area contributed by atoms with Crippen molar-refractivity contribution in [3.05, 3.63) is 36.1 Å². The number of hydrogen-bond donors (Lipinski definition) is 1. The molecule has 2 heteroatoms. The van der Waals surface area contributed by atoms with Crippen LogP contribution in [0.2, 0.25) is 0 Å². The van der Waals surface area contributed by atoms with E-state index in [-0.39, 0.29) is 0 Å². The van der Waals surface area contributed by atoms with E-state index in [2.05, 4.69) is 11.6 Å². The molecule has 0 aromatic heterocycles. The Morgan fingerprint density at radius 2 is 2.18 bits per heavy atom. The second-order valence-corrected chi connectivity index (χ2v) is 2.04. The number of hydrogen-bond acceptors (Lipinski definition) is 1. The Morgan fingerprint density at radius 3 is 2.55 bits per heavy atom. The summed E-state index contributed by atoms with van der Waals surface area (Å²) in [6, 6.07) is 0. The Bertz CT molecular complexity index is 210. The molecule has 0 aliphatic carbocycles. The molecule has 0 heterocycles. The summed E-state index contributed by atoms with van der Waals surface area (Å²) < 4.78 is 0. The van der Waals surface area contributed by atoms with Gasteiger partial charge in [0.1, 0.15) is 0 Å². The highest BCUT2D eigenvalue weighted by atomic mass is 14.8. The Morgan fingerprint density at radius 1 is 1.55 bits per heavy atom. The number of rotatable bonds is 3.